The summed E-state index contributed by atoms with van der Waals surface area (Å²) in [5, 5.41) is 0. The lowest BCUT2D eigenvalue weighted by Gasteiger charge is -2.26. The van der Waals surface area contributed by atoms with Gasteiger partial charge in [0.15, 0.2) is 0 Å². The van der Waals surface area contributed by atoms with Gasteiger partial charge in [-0.25, -0.2) is 0 Å². The normalized spacial score (nSPS) is 10.8. The Morgan fingerprint density at radius 2 is 1.18 bits per heavy atom. The van der Waals surface area contributed by atoms with Gasteiger partial charge in [-0.05, 0) is 53.1 Å². The zero-order chi connectivity index (χ0) is 28.0. The highest BCUT2D eigenvalue weighted by atomic mass is 16.5. The van der Waals surface area contributed by atoms with E-state index >= 15 is 0 Å². The first kappa shape index (κ1) is 29.0. The first-order valence-corrected chi connectivity index (χ1v) is 13.7. The van der Waals surface area contributed by atoms with Crippen LogP contribution in [0.3, 0.4) is 0 Å². The lowest BCUT2D eigenvalue weighted by molar-refractivity contribution is 0.0303. The van der Waals surface area contributed by atoms with E-state index in [4.69, 9.17) is 18.9 Å². The number of rotatable bonds is 16. The molecule has 0 aliphatic heterocycles. The van der Waals surface area contributed by atoms with Crippen LogP contribution >= 0.6 is 0 Å². The molecule has 0 heterocycles. The van der Waals surface area contributed by atoms with Crippen molar-refractivity contribution in [3.8, 4) is 11.5 Å². The average molecular weight is 541 g/mol. The largest absolute Gasteiger partial charge is 0.497 e. The van der Waals surface area contributed by atoms with Crippen molar-refractivity contribution in [3.63, 3.8) is 0 Å². The Bertz CT molecular complexity index is 1300. The molecule has 0 unspecified atom stereocenters. The van der Waals surface area contributed by atoms with Crippen LogP contribution < -0.4 is 19.3 Å². The molecular weight excluding hydrogens is 500 g/mol. The average Bonchev–Trinajstić information content (AvgIpc) is 2.99. The minimum Gasteiger partial charge on any atom is -0.497 e. The molecule has 4 aromatic carbocycles. The predicted octanol–water partition coefficient (Wildman–Crippen LogP) is 6.58. The van der Waals surface area contributed by atoms with E-state index in [1.165, 1.54) is 16.8 Å². The Kier molecular flexibility index (Phi) is 11.3. The van der Waals surface area contributed by atoms with Crippen LogP contribution in [0, 0.1) is 0 Å². The summed E-state index contributed by atoms with van der Waals surface area (Å²) in [6.07, 6.45) is 0. The second-order valence-electron chi connectivity index (χ2n) is 9.77. The second kappa shape index (κ2) is 15.6. The maximum Gasteiger partial charge on any atom is 0.121 e. The third-order valence-electron chi connectivity index (χ3n) is 6.47. The van der Waals surface area contributed by atoms with Crippen molar-refractivity contribution in [2.75, 3.05) is 57.4 Å². The molecule has 0 atom stereocenters. The van der Waals surface area contributed by atoms with Crippen molar-refractivity contribution in [2.24, 2.45) is 0 Å². The van der Waals surface area contributed by atoms with Gasteiger partial charge in [0, 0.05) is 44.6 Å². The molecule has 0 spiro atoms. The molecule has 6 heteroatoms. The lowest BCUT2D eigenvalue weighted by atomic mass is 10.1. The first-order chi connectivity index (χ1) is 19.6. The smallest absolute Gasteiger partial charge is 0.121 e. The standard InChI is InChI=1S/C34H40N2O4/c1-35(2)31-14-7-12-29(22-31)25-36(26-30-13-8-16-33(23-30)37-3)32-15-9-17-34(24-32)40-21-20-38-18-19-39-27-28-10-5-4-6-11-28/h4-17,22-24H,18-21,25-27H2,1-3H3. The molecule has 0 saturated carbocycles. The molecule has 4 aromatic rings. The lowest BCUT2D eigenvalue weighted by Crippen LogP contribution is -2.22. The summed E-state index contributed by atoms with van der Waals surface area (Å²) >= 11 is 0. The van der Waals surface area contributed by atoms with Crippen LogP contribution in [-0.4, -0.2) is 47.6 Å². The van der Waals surface area contributed by atoms with Crippen molar-refractivity contribution >= 4 is 11.4 Å². The van der Waals surface area contributed by atoms with Crippen LogP contribution in [0.5, 0.6) is 11.5 Å². The fourth-order valence-corrected chi connectivity index (χ4v) is 4.36. The number of hydrogen-bond acceptors (Lipinski definition) is 6. The molecule has 0 aliphatic carbocycles. The number of anilines is 2. The van der Waals surface area contributed by atoms with Gasteiger partial charge in [-0.3, -0.25) is 0 Å². The number of benzene rings is 4. The molecule has 4 rings (SSSR count). The fourth-order valence-electron chi connectivity index (χ4n) is 4.36. The summed E-state index contributed by atoms with van der Waals surface area (Å²) < 4.78 is 22.9. The number of nitrogens with zero attached hydrogens (tertiary/aromatic N) is 2. The Morgan fingerprint density at radius 3 is 1.95 bits per heavy atom. The molecular formula is C34H40N2O4. The van der Waals surface area contributed by atoms with E-state index in [2.05, 4.69) is 84.6 Å². The van der Waals surface area contributed by atoms with Crippen molar-refractivity contribution in [2.45, 2.75) is 19.7 Å². The Labute approximate surface area is 238 Å². The fraction of sp³-hybridized carbons (Fsp3) is 0.294. The van der Waals surface area contributed by atoms with E-state index in [0.29, 0.717) is 33.0 Å². The predicted molar refractivity (Wildman–Crippen MR) is 163 cm³/mol. The Morgan fingerprint density at radius 1 is 0.550 bits per heavy atom. The second-order valence-corrected chi connectivity index (χ2v) is 9.77. The molecule has 0 bridgehead atoms. The monoisotopic (exact) mass is 540 g/mol. The highest BCUT2D eigenvalue weighted by Crippen LogP contribution is 2.27. The summed E-state index contributed by atoms with van der Waals surface area (Å²) in [7, 11) is 5.83. The summed E-state index contributed by atoms with van der Waals surface area (Å²) in [4.78, 5) is 4.48. The zero-order valence-corrected chi connectivity index (χ0v) is 23.8. The van der Waals surface area contributed by atoms with Gasteiger partial charge in [0.2, 0.25) is 0 Å². The third-order valence-corrected chi connectivity index (χ3v) is 6.47. The SMILES string of the molecule is COc1cccc(CN(Cc2cccc(N(C)C)c2)c2cccc(OCCOCCOCc3ccccc3)c2)c1. The van der Waals surface area contributed by atoms with Crippen LogP contribution in [0.25, 0.3) is 0 Å². The minimum absolute atomic E-state index is 0.475. The molecule has 0 saturated heterocycles. The van der Waals surface area contributed by atoms with E-state index in [1.54, 1.807) is 7.11 Å². The minimum atomic E-state index is 0.475. The summed E-state index contributed by atoms with van der Waals surface area (Å²) in [6, 6.07) is 35.3. The molecule has 0 amide bonds. The van der Waals surface area contributed by atoms with Gasteiger partial charge in [0.1, 0.15) is 18.1 Å². The van der Waals surface area contributed by atoms with Crippen LogP contribution in [0.4, 0.5) is 11.4 Å². The summed E-state index contributed by atoms with van der Waals surface area (Å²) in [5.41, 5.74) is 5.85. The van der Waals surface area contributed by atoms with Crippen LogP contribution in [0.15, 0.2) is 103 Å². The highest BCUT2D eigenvalue weighted by molar-refractivity contribution is 5.53. The first-order valence-electron chi connectivity index (χ1n) is 13.7. The molecule has 0 aliphatic rings. The maximum atomic E-state index is 6.04. The van der Waals surface area contributed by atoms with Gasteiger partial charge in [0.05, 0.1) is 33.5 Å². The van der Waals surface area contributed by atoms with Crippen LogP contribution in [0.1, 0.15) is 16.7 Å². The third kappa shape index (κ3) is 9.33. The van der Waals surface area contributed by atoms with E-state index in [9.17, 15) is 0 Å². The van der Waals surface area contributed by atoms with Crippen LogP contribution in [-0.2, 0) is 29.2 Å². The molecule has 0 radical (unpaired) electrons. The zero-order valence-electron chi connectivity index (χ0n) is 23.8. The molecule has 0 N–H and O–H groups in total. The topological polar surface area (TPSA) is 43.4 Å². The van der Waals surface area contributed by atoms with Crippen LogP contribution in [0.2, 0.25) is 0 Å². The molecule has 6 nitrogen and oxygen atoms in total. The van der Waals surface area contributed by atoms with Gasteiger partial charge < -0.3 is 28.7 Å². The quantitative estimate of drug-likeness (QED) is 0.150. The molecule has 0 aromatic heterocycles. The molecule has 210 valence electrons. The molecule has 0 fully saturated rings. The highest BCUT2D eigenvalue weighted by Gasteiger charge is 2.12. The van der Waals surface area contributed by atoms with E-state index in [-0.39, 0.29) is 0 Å². The van der Waals surface area contributed by atoms with Gasteiger partial charge in [-0.2, -0.15) is 0 Å². The van der Waals surface area contributed by atoms with Gasteiger partial charge >= 0.3 is 0 Å². The Hall–Kier alpha value is -4.00. The molecule has 40 heavy (non-hydrogen) atoms. The number of ether oxygens (including phenoxy) is 4. The summed E-state index contributed by atoms with van der Waals surface area (Å²) in [5.74, 6) is 1.67. The number of hydrogen-bond donors (Lipinski definition) is 0. The number of methoxy groups -OCH3 is 1. The van der Waals surface area contributed by atoms with Crippen molar-refractivity contribution < 1.29 is 18.9 Å². The van der Waals surface area contributed by atoms with E-state index in [0.717, 1.165) is 35.8 Å². The summed E-state index contributed by atoms with van der Waals surface area (Å²) in [6.45, 7) is 4.16. The Balaban J connectivity index is 1.34. The van der Waals surface area contributed by atoms with Crippen molar-refractivity contribution in [1.29, 1.82) is 0 Å². The van der Waals surface area contributed by atoms with Gasteiger partial charge in [-0.15, -0.1) is 0 Å². The van der Waals surface area contributed by atoms with Gasteiger partial charge in [-0.1, -0.05) is 60.7 Å². The van der Waals surface area contributed by atoms with Crippen molar-refractivity contribution in [3.05, 3.63) is 120 Å². The van der Waals surface area contributed by atoms with E-state index < -0.39 is 0 Å². The van der Waals surface area contributed by atoms with Crippen molar-refractivity contribution in [1.82, 2.24) is 0 Å². The maximum absolute atomic E-state index is 6.04. The van der Waals surface area contributed by atoms with E-state index in [1.807, 2.05) is 42.5 Å². The van der Waals surface area contributed by atoms with Gasteiger partial charge in [0.25, 0.3) is 0 Å².